The Balaban J connectivity index is 1.97. The van der Waals surface area contributed by atoms with Crippen LogP contribution in [0, 0.1) is 0 Å². The molecule has 2 aliphatic rings. The summed E-state index contributed by atoms with van der Waals surface area (Å²) in [5, 5.41) is 21.9. The van der Waals surface area contributed by atoms with Gasteiger partial charge in [0.1, 0.15) is 11.4 Å². The van der Waals surface area contributed by atoms with E-state index in [9.17, 15) is 15.0 Å². The lowest BCUT2D eigenvalue weighted by Gasteiger charge is -2.28. The smallest absolute Gasteiger partial charge is 0.278 e. The number of nitrogens with zero attached hydrogens (tertiary/aromatic N) is 1. The van der Waals surface area contributed by atoms with E-state index in [1.165, 1.54) is 6.20 Å². The molecular formula is C17H15NO4. The minimum absolute atomic E-state index is 0.0473. The molecule has 2 heterocycles. The fraction of sp³-hybridized carbons (Fsp3) is 0.294. The van der Waals surface area contributed by atoms with Gasteiger partial charge < -0.3 is 14.9 Å². The lowest BCUT2D eigenvalue weighted by atomic mass is 9.86. The summed E-state index contributed by atoms with van der Waals surface area (Å²) in [6.45, 7) is 4.07. The molecule has 1 aliphatic heterocycles. The number of aromatic nitrogens is 1. The fourth-order valence-electron chi connectivity index (χ4n) is 3.25. The molecule has 2 atom stereocenters. The number of pyridine rings is 1. The van der Waals surface area contributed by atoms with Crippen molar-refractivity contribution in [2.24, 2.45) is 0 Å². The fourth-order valence-corrected chi connectivity index (χ4v) is 3.25. The number of hydrogen-bond donors (Lipinski definition) is 2. The Labute approximate surface area is 127 Å². The molecule has 1 aromatic heterocycles. The van der Waals surface area contributed by atoms with E-state index < -0.39 is 17.2 Å². The summed E-state index contributed by atoms with van der Waals surface area (Å²) < 4.78 is 5.65. The van der Waals surface area contributed by atoms with Crippen LogP contribution in [-0.2, 0) is 11.4 Å². The van der Waals surface area contributed by atoms with Gasteiger partial charge in [-0.05, 0) is 29.7 Å². The summed E-state index contributed by atoms with van der Waals surface area (Å²) in [5.41, 5.74) is -0.614. The summed E-state index contributed by atoms with van der Waals surface area (Å²) in [7, 11) is 0. The maximum atomic E-state index is 12.6. The van der Waals surface area contributed by atoms with E-state index in [0.29, 0.717) is 5.75 Å². The number of ether oxygens (including phenoxy) is 1. The quantitative estimate of drug-likeness (QED) is 0.839. The highest BCUT2D eigenvalue weighted by Crippen LogP contribution is 2.57. The number of carbonyl (C=O) groups is 1. The normalized spacial score (nSPS) is 28.3. The standard InChI is InChI=1S/C17H15NO4/c1-9(2)10-5-6-11-13(8-10)22-17(21)12-4-3-7-18-14(12)15(19)16(11,17)20/h3-9,20-21H,1-2H3. The van der Waals surface area contributed by atoms with Gasteiger partial charge in [0, 0.05) is 11.8 Å². The van der Waals surface area contributed by atoms with Crippen LogP contribution in [0.3, 0.4) is 0 Å². The summed E-state index contributed by atoms with van der Waals surface area (Å²) in [5.74, 6) is -2.16. The van der Waals surface area contributed by atoms with Crippen molar-refractivity contribution in [3.8, 4) is 5.75 Å². The van der Waals surface area contributed by atoms with E-state index in [0.717, 1.165) is 5.56 Å². The van der Waals surface area contributed by atoms with E-state index in [-0.39, 0.29) is 22.7 Å². The number of carbonyl (C=O) groups excluding carboxylic acids is 1. The largest absolute Gasteiger partial charge is 0.454 e. The van der Waals surface area contributed by atoms with Gasteiger partial charge in [0.05, 0.1) is 5.56 Å². The van der Waals surface area contributed by atoms with Crippen molar-refractivity contribution in [3.63, 3.8) is 0 Å². The molecule has 0 saturated heterocycles. The van der Waals surface area contributed by atoms with Gasteiger partial charge in [-0.2, -0.15) is 0 Å². The Morgan fingerprint density at radius 1 is 1.18 bits per heavy atom. The SMILES string of the molecule is CC(C)c1ccc2c(c1)OC1(O)c3cccnc3C(=O)C21O. The van der Waals surface area contributed by atoms with Crippen LogP contribution in [0.5, 0.6) is 5.75 Å². The van der Waals surface area contributed by atoms with Gasteiger partial charge in [-0.1, -0.05) is 26.0 Å². The molecule has 0 saturated carbocycles. The highest BCUT2D eigenvalue weighted by atomic mass is 16.7. The van der Waals surface area contributed by atoms with Crippen molar-refractivity contribution in [1.82, 2.24) is 4.98 Å². The van der Waals surface area contributed by atoms with Crippen LogP contribution in [0.15, 0.2) is 36.5 Å². The highest BCUT2D eigenvalue weighted by Gasteiger charge is 2.71. The number of aliphatic hydroxyl groups is 2. The Hall–Kier alpha value is -2.24. The molecule has 2 unspecified atom stereocenters. The summed E-state index contributed by atoms with van der Waals surface area (Å²) >= 11 is 0. The first-order chi connectivity index (χ1) is 10.4. The van der Waals surface area contributed by atoms with Crippen LogP contribution in [0.2, 0.25) is 0 Å². The maximum Gasteiger partial charge on any atom is 0.278 e. The molecule has 0 fully saturated rings. The van der Waals surface area contributed by atoms with Gasteiger partial charge in [-0.15, -0.1) is 0 Å². The predicted molar refractivity (Wildman–Crippen MR) is 77.5 cm³/mol. The molecule has 0 bridgehead atoms. The number of ketones is 1. The molecule has 0 spiro atoms. The zero-order chi connectivity index (χ0) is 15.7. The summed E-state index contributed by atoms with van der Waals surface area (Å²) in [6, 6.07) is 8.39. The zero-order valence-corrected chi connectivity index (χ0v) is 12.2. The van der Waals surface area contributed by atoms with Gasteiger partial charge in [-0.25, -0.2) is 0 Å². The minimum atomic E-state index is -2.14. The second-order valence-electron chi connectivity index (χ2n) is 6.10. The molecule has 4 rings (SSSR count). The van der Waals surface area contributed by atoms with Crippen LogP contribution in [0.1, 0.15) is 46.9 Å². The van der Waals surface area contributed by atoms with Crippen molar-refractivity contribution in [1.29, 1.82) is 0 Å². The third-order valence-electron chi connectivity index (χ3n) is 4.53. The van der Waals surface area contributed by atoms with E-state index in [2.05, 4.69) is 4.98 Å². The second kappa shape index (κ2) is 3.94. The van der Waals surface area contributed by atoms with Gasteiger partial charge in [-0.3, -0.25) is 9.78 Å². The van der Waals surface area contributed by atoms with E-state index >= 15 is 0 Å². The Morgan fingerprint density at radius 2 is 1.95 bits per heavy atom. The number of benzene rings is 1. The molecular weight excluding hydrogens is 282 g/mol. The highest BCUT2D eigenvalue weighted by molar-refractivity contribution is 6.08. The zero-order valence-electron chi connectivity index (χ0n) is 12.2. The van der Waals surface area contributed by atoms with Crippen LogP contribution >= 0.6 is 0 Å². The first kappa shape index (κ1) is 13.4. The van der Waals surface area contributed by atoms with Gasteiger partial charge >= 0.3 is 0 Å². The average molecular weight is 297 g/mol. The van der Waals surface area contributed by atoms with Gasteiger partial charge in [0.2, 0.25) is 11.4 Å². The van der Waals surface area contributed by atoms with Crippen molar-refractivity contribution in [2.45, 2.75) is 31.2 Å². The maximum absolute atomic E-state index is 12.6. The Kier molecular flexibility index (Phi) is 2.40. The molecule has 1 aromatic carbocycles. The van der Waals surface area contributed by atoms with Crippen molar-refractivity contribution < 1.29 is 19.7 Å². The molecule has 1 aliphatic carbocycles. The van der Waals surface area contributed by atoms with Crippen molar-refractivity contribution in [2.75, 3.05) is 0 Å². The number of Topliss-reactive ketones (excluding diaryl/α,β-unsaturated/α-hetero) is 1. The first-order valence-electron chi connectivity index (χ1n) is 7.18. The molecule has 0 amide bonds. The third-order valence-corrected chi connectivity index (χ3v) is 4.53. The monoisotopic (exact) mass is 297 g/mol. The summed E-state index contributed by atoms with van der Waals surface area (Å²) in [4.78, 5) is 16.6. The van der Waals surface area contributed by atoms with Crippen molar-refractivity contribution >= 4 is 5.78 Å². The van der Waals surface area contributed by atoms with Gasteiger partial charge in [0.15, 0.2) is 0 Å². The van der Waals surface area contributed by atoms with Crippen LogP contribution < -0.4 is 4.74 Å². The van der Waals surface area contributed by atoms with Gasteiger partial charge in [0.25, 0.3) is 5.79 Å². The lowest BCUT2D eigenvalue weighted by Crippen LogP contribution is -2.48. The molecule has 112 valence electrons. The number of hydrogen-bond acceptors (Lipinski definition) is 5. The topological polar surface area (TPSA) is 79.7 Å². The number of rotatable bonds is 1. The van der Waals surface area contributed by atoms with E-state index in [4.69, 9.17) is 4.74 Å². The second-order valence-corrected chi connectivity index (χ2v) is 6.10. The molecule has 2 N–H and O–H groups in total. The third kappa shape index (κ3) is 1.31. The predicted octanol–water partition coefficient (Wildman–Crippen LogP) is 1.83. The molecule has 0 radical (unpaired) electrons. The first-order valence-corrected chi connectivity index (χ1v) is 7.18. The number of fused-ring (bicyclic) bond motifs is 5. The molecule has 5 nitrogen and oxygen atoms in total. The van der Waals surface area contributed by atoms with E-state index in [1.54, 1.807) is 24.3 Å². The molecule has 2 aromatic rings. The van der Waals surface area contributed by atoms with Crippen LogP contribution in [0.25, 0.3) is 0 Å². The Bertz CT molecular complexity index is 816. The van der Waals surface area contributed by atoms with Crippen LogP contribution in [-0.4, -0.2) is 21.0 Å². The Morgan fingerprint density at radius 3 is 2.68 bits per heavy atom. The minimum Gasteiger partial charge on any atom is -0.454 e. The molecule has 5 heteroatoms. The molecule has 22 heavy (non-hydrogen) atoms. The lowest BCUT2D eigenvalue weighted by molar-refractivity contribution is -0.224. The summed E-state index contributed by atoms with van der Waals surface area (Å²) in [6.07, 6.45) is 1.45. The van der Waals surface area contributed by atoms with E-state index in [1.807, 2.05) is 19.9 Å². The average Bonchev–Trinajstić information content (AvgIpc) is 2.84. The van der Waals surface area contributed by atoms with Crippen molar-refractivity contribution in [3.05, 3.63) is 58.9 Å². The van der Waals surface area contributed by atoms with Crippen LogP contribution in [0.4, 0.5) is 0 Å².